The number of nitrogens with zero attached hydrogens (tertiary/aromatic N) is 2. The predicted molar refractivity (Wildman–Crippen MR) is 116 cm³/mol. The Hall–Kier alpha value is -2.52. The van der Waals surface area contributed by atoms with Crippen molar-refractivity contribution < 1.29 is 23.9 Å². The van der Waals surface area contributed by atoms with Crippen LogP contribution in [0.15, 0.2) is 29.2 Å². The quantitative estimate of drug-likeness (QED) is 0.663. The fraction of sp³-hybridized carbons (Fsp3) is 0.400. The van der Waals surface area contributed by atoms with Crippen LogP contribution in [-0.4, -0.2) is 65.2 Å². The molecular weight excluding hydrogens is 430 g/mol. The lowest BCUT2D eigenvalue weighted by molar-refractivity contribution is -0.124. The molecule has 1 fully saturated rings. The van der Waals surface area contributed by atoms with Gasteiger partial charge in [-0.3, -0.25) is 19.3 Å². The van der Waals surface area contributed by atoms with Crippen molar-refractivity contribution >= 4 is 52.6 Å². The molecule has 10 heteroatoms. The van der Waals surface area contributed by atoms with Crippen LogP contribution in [-0.2, 0) is 14.3 Å². The molecule has 0 unspecified atom stereocenters. The van der Waals surface area contributed by atoms with E-state index < -0.39 is 28.7 Å². The summed E-state index contributed by atoms with van der Waals surface area (Å²) in [5.41, 5.74) is 0.0936. The molecule has 0 aromatic heterocycles. The number of amides is 4. The number of carbonyl (C=O) groups excluding carboxylic acids is 4. The maximum absolute atomic E-state index is 12.5. The van der Waals surface area contributed by atoms with Gasteiger partial charge in [-0.15, -0.1) is 0 Å². The molecule has 0 saturated carbocycles. The molecule has 162 valence electrons. The van der Waals surface area contributed by atoms with Crippen LogP contribution >= 0.6 is 23.4 Å². The summed E-state index contributed by atoms with van der Waals surface area (Å²) in [6, 6.07) is 6.89. The first-order valence-corrected chi connectivity index (χ1v) is 10.4. The number of imide groups is 1. The molecular formula is C20H24ClN3O5S. The number of carbonyl (C=O) groups is 4. The van der Waals surface area contributed by atoms with Crippen molar-refractivity contribution in [1.29, 1.82) is 0 Å². The molecule has 8 nitrogen and oxygen atoms in total. The van der Waals surface area contributed by atoms with Crippen LogP contribution in [0.25, 0.3) is 6.08 Å². The lowest BCUT2D eigenvalue weighted by Crippen LogP contribution is -2.43. The van der Waals surface area contributed by atoms with E-state index in [-0.39, 0.29) is 19.6 Å². The van der Waals surface area contributed by atoms with Crippen molar-refractivity contribution in [2.24, 2.45) is 0 Å². The van der Waals surface area contributed by atoms with Gasteiger partial charge < -0.3 is 15.0 Å². The van der Waals surface area contributed by atoms with Crippen LogP contribution in [0.2, 0.25) is 5.02 Å². The molecule has 1 saturated heterocycles. The molecule has 0 radical (unpaired) electrons. The van der Waals surface area contributed by atoms with E-state index in [1.54, 1.807) is 51.1 Å². The van der Waals surface area contributed by atoms with Crippen molar-refractivity contribution in [3.05, 3.63) is 39.8 Å². The molecule has 0 aliphatic carbocycles. The highest BCUT2D eigenvalue weighted by Gasteiger charge is 2.34. The summed E-state index contributed by atoms with van der Waals surface area (Å²) >= 11 is 6.69. The number of halogens is 1. The molecule has 0 spiro atoms. The second-order valence-electron chi connectivity index (χ2n) is 7.57. The lowest BCUT2D eigenvalue weighted by Gasteiger charge is -2.24. The highest BCUT2D eigenvalue weighted by atomic mass is 35.5. The van der Waals surface area contributed by atoms with Gasteiger partial charge in [0.1, 0.15) is 12.1 Å². The second-order valence-corrected chi connectivity index (χ2v) is 9.00. The summed E-state index contributed by atoms with van der Waals surface area (Å²) in [5, 5.41) is 2.77. The maximum atomic E-state index is 12.5. The number of thioether (sulfide) groups is 1. The number of likely N-dealkylation sites (N-methyl/N-ethyl adjacent to an activating group) is 1. The molecule has 1 aliphatic rings. The first-order chi connectivity index (χ1) is 14.0. The zero-order chi connectivity index (χ0) is 22.5. The zero-order valence-corrected chi connectivity index (χ0v) is 18.8. The molecule has 1 aromatic carbocycles. The molecule has 4 amide bonds. The summed E-state index contributed by atoms with van der Waals surface area (Å²) < 4.78 is 5.17. The van der Waals surface area contributed by atoms with Crippen molar-refractivity contribution in [2.75, 3.05) is 26.7 Å². The normalized spacial score (nSPS) is 15.5. The van der Waals surface area contributed by atoms with E-state index >= 15 is 0 Å². The highest BCUT2D eigenvalue weighted by Crippen LogP contribution is 2.32. The average molecular weight is 454 g/mol. The summed E-state index contributed by atoms with van der Waals surface area (Å²) in [6.45, 7) is 5.11. The zero-order valence-electron chi connectivity index (χ0n) is 17.2. The Labute approximate surface area is 184 Å². The number of benzene rings is 1. The van der Waals surface area contributed by atoms with Crippen LogP contribution in [0.3, 0.4) is 0 Å². The van der Waals surface area contributed by atoms with E-state index in [9.17, 15) is 19.2 Å². The average Bonchev–Trinajstić information content (AvgIpc) is 2.89. The molecule has 30 heavy (non-hydrogen) atoms. The number of hydrogen-bond acceptors (Lipinski definition) is 6. The molecule has 1 aliphatic heterocycles. The monoisotopic (exact) mass is 453 g/mol. The van der Waals surface area contributed by atoms with E-state index in [1.807, 2.05) is 0 Å². The van der Waals surface area contributed by atoms with Crippen molar-refractivity contribution in [3.63, 3.8) is 0 Å². The third-order valence-electron chi connectivity index (χ3n) is 3.78. The smallest absolute Gasteiger partial charge is 0.410 e. The van der Waals surface area contributed by atoms with Crippen molar-refractivity contribution in [2.45, 2.75) is 26.4 Å². The van der Waals surface area contributed by atoms with E-state index in [0.29, 0.717) is 9.93 Å². The minimum absolute atomic E-state index is 0.0323. The van der Waals surface area contributed by atoms with E-state index in [2.05, 4.69) is 5.32 Å². The number of ether oxygens (including phenoxy) is 1. The van der Waals surface area contributed by atoms with Gasteiger partial charge in [0.2, 0.25) is 5.91 Å². The molecule has 2 rings (SSSR count). The van der Waals surface area contributed by atoms with E-state index in [0.717, 1.165) is 27.1 Å². The highest BCUT2D eigenvalue weighted by molar-refractivity contribution is 8.18. The second kappa shape index (κ2) is 9.99. The summed E-state index contributed by atoms with van der Waals surface area (Å²) in [5.74, 6) is -0.841. The molecule has 1 heterocycles. The van der Waals surface area contributed by atoms with Gasteiger partial charge in [-0.25, -0.2) is 4.79 Å². The minimum Gasteiger partial charge on any atom is -0.444 e. The van der Waals surface area contributed by atoms with Gasteiger partial charge in [0.15, 0.2) is 0 Å². The van der Waals surface area contributed by atoms with E-state index in [4.69, 9.17) is 16.3 Å². The summed E-state index contributed by atoms with van der Waals surface area (Å²) in [7, 11) is 1.45. The number of nitrogens with one attached hydrogen (secondary N) is 1. The van der Waals surface area contributed by atoms with Gasteiger partial charge >= 0.3 is 6.09 Å². The molecule has 0 bridgehead atoms. The fourth-order valence-corrected chi connectivity index (χ4v) is 3.38. The standard InChI is InChI=1S/C20H24ClN3O5S/c1-20(2,3)29-18(27)23(4)12-16(25)22-9-10-24-17(26)15(30-19(24)28)11-13-5-7-14(21)8-6-13/h5-8,11H,9-10,12H2,1-4H3,(H,22,25)/b15-11+. The van der Waals surface area contributed by atoms with Gasteiger partial charge in [-0.05, 0) is 56.3 Å². The summed E-state index contributed by atoms with van der Waals surface area (Å²) in [4.78, 5) is 51.0. The van der Waals surface area contributed by atoms with Crippen LogP contribution in [0.5, 0.6) is 0 Å². The van der Waals surface area contributed by atoms with Gasteiger partial charge in [0.05, 0.1) is 4.91 Å². The largest absolute Gasteiger partial charge is 0.444 e. The Balaban J connectivity index is 1.83. The Kier molecular flexibility index (Phi) is 7.91. The minimum atomic E-state index is -0.660. The first kappa shape index (κ1) is 23.8. The third-order valence-corrected chi connectivity index (χ3v) is 4.94. The molecule has 0 atom stereocenters. The van der Waals surface area contributed by atoms with Crippen LogP contribution in [0, 0.1) is 0 Å². The fourth-order valence-electron chi connectivity index (χ4n) is 2.39. The van der Waals surface area contributed by atoms with Crippen LogP contribution < -0.4 is 5.32 Å². The third kappa shape index (κ3) is 7.07. The van der Waals surface area contributed by atoms with Crippen LogP contribution in [0.4, 0.5) is 9.59 Å². The Morgan fingerprint density at radius 3 is 2.47 bits per heavy atom. The number of hydrogen-bond donors (Lipinski definition) is 1. The molecule has 1 N–H and O–H groups in total. The van der Waals surface area contributed by atoms with E-state index in [1.165, 1.54) is 7.05 Å². The SMILES string of the molecule is CN(CC(=O)NCCN1C(=O)S/C(=C/c2ccc(Cl)cc2)C1=O)C(=O)OC(C)(C)C. The van der Waals surface area contributed by atoms with Gasteiger partial charge in [-0.2, -0.15) is 0 Å². The van der Waals surface area contributed by atoms with Crippen molar-refractivity contribution in [1.82, 2.24) is 15.1 Å². The first-order valence-electron chi connectivity index (χ1n) is 9.18. The number of rotatable bonds is 6. The van der Waals surface area contributed by atoms with Gasteiger partial charge in [-0.1, -0.05) is 23.7 Å². The summed E-state index contributed by atoms with van der Waals surface area (Å²) in [6.07, 6.45) is 1.01. The maximum Gasteiger partial charge on any atom is 0.410 e. The Morgan fingerprint density at radius 2 is 1.87 bits per heavy atom. The Bertz CT molecular complexity index is 864. The van der Waals surface area contributed by atoms with Gasteiger partial charge in [0, 0.05) is 25.2 Å². The Morgan fingerprint density at radius 1 is 1.23 bits per heavy atom. The topological polar surface area (TPSA) is 96.0 Å². The van der Waals surface area contributed by atoms with Gasteiger partial charge in [0.25, 0.3) is 11.1 Å². The molecule has 1 aromatic rings. The van der Waals surface area contributed by atoms with Crippen LogP contribution in [0.1, 0.15) is 26.3 Å². The van der Waals surface area contributed by atoms with Crippen molar-refractivity contribution in [3.8, 4) is 0 Å². The lowest BCUT2D eigenvalue weighted by atomic mass is 10.2. The predicted octanol–water partition coefficient (Wildman–Crippen LogP) is 3.36.